The number of ether oxygens (including phenoxy) is 1. The quantitative estimate of drug-likeness (QED) is 0.671. The molecule has 0 saturated carbocycles. The van der Waals surface area contributed by atoms with Gasteiger partial charge in [0.05, 0.1) is 6.54 Å². The highest BCUT2D eigenvalue weighted by molar-refractivity contribution is 5.85. The van der Waals surface area contributed by atoms with Crippen molar-refractivity contribution in [3.05, 3.63) is 90.2 Å². The second-order valence-corrected chi connectivity index (χ2v) is 5.64. The van der Waals surface area contributed by atoms with Gasteiger partial charge < -0.3 is 10.1 Å². The molecular weight excluding hydrogens is 317 g/mol. The number of nitrogens with one attached hydrogen (secondary N) is 1. The van der Waals surface area contributed by atoms with Gasteiger partial charge in [-0.25, -0.2) is 4.39 Å². The Morgan fingerprint density at radius 3 is 2.44 bits per heavy atom. The molecule has 4 heteroatoms. The third kappa shape index (κ3) is 5.18. The Bertz CT molecular complexity index is 849. The van der Waals surface area contributed by atoms with Gasteiger partial charge in [-0.2, -0.15) is 0 Å². The SMILES string of the molecule is O=C(CNc1cccc(F)c1)Cc1cccc(Oc2ccccc2)c1. The zero-order valence-electron chi connectivity index (χ0n) is 13.6. The van der Waals surface area contributed by atoms with E-state index in [0.717, 1.165) is 11.3 Å². The molecule has 0 saturated heterocycles. The fraction of sp³-hybridized carbons (Fsp3) is 0.0952. The molecule has 0 radical (unpaired) electrons. The minimum atomic E-state index is -0.330. The highest BCUT2D eigenvalue weighted by atomic mass is 19.1. The van der Waals surface area contributed by atoms with Gasteiger partial charge in [-0.05, 0) is 48.0 Å². The minimum Gasteiger partial charge on any atom is -0.457 e. The number of anilines is 1. The molecular formula is C21H18FNO2. The third-order valence-corrected chi connectivity index (χ3v) is 3.59. The van der Waals surface area contributed by atoms with E-state index in [2.05, 4.69) is 5.32 Å². The van der Waals surface area contributed by atoms with Gasteiger partial charge in [0.25, 0.3) is 0 Å². The number of benzene rings is 3. The number of para-hydroxylation sites is 1. The molecule has 0 aliphatic rings. The van der Waals surface area contributed by atoms with Crippen molar-refractivity contribution in [2.75, 3.05) is 11.9 Å². The van der Waals surface area contributed by atoms with Crippen molar-refractivity contribution in [3.8, 4) is 11.5 Å². The van der Waals surface area contributed by atoms with Gasteiger partial charge in [0.15, 0.2) is 5.78 Å². The third-order valence-electron chi connectivity index (χ3n) is 3.59. The maximum absolute atomic E-state index is 13.1. The zero-order chi connectivity index (χ0) is 17.5. The van der Waals surface area contributed by atoms with E-state index in [1.165, 1.54) is 12.1 Å². The van der Waals surface area contributed by atoms with Crippen LogP contribution in [-0.2, 0) is 11.2 Å². The molecule has 1 N–H and O–H groups in total. The fourth-order valence-electron chi connectivity index (χ4n) is 2.43. The lowest BCUT2D eigenvalue weighted by molar-refractivity contribution is -0.116. The number of Topliss-reactive ketones (excluding diaryl/α,β-unsaturated/α-hetero) is 1. The topological polar surface area (TPSA) is 38.3 Å². The Morgan fingerprint density at radius 2 is 1.64 bits per heavy atom. The van der Waals surface area contributed by atoms with Gasteiger partial charge >= 0.3 is 0 Å². The first-order chi connectivity index (χ1) is 12.2. The lowest BCUT2D eigenvalue weighted by Crippen LogP contribution is -2.16. The van der Waals surface area contributed by atoms with Gasteiger partial charge in [0.1, 0.15) is 17.3 Å². The van der Waals surface area contributed by atoms with Crippen LogP contribution >= 0.6 is 0 Å². The van der Waals surface area contributed by atoms with E-state index >= 15 is 0 Å². The van der Waals surface area contributed by atoms with Crippen LogP contribution in [0.3, 0.4) is 0 Å². The molecule has 0 aliphatic heterocycles. The van der Waals surface area contributed by atoms with Crippen LogP contribution in [0.2, 0.25) is 0 Å². The second-order valence-electron chi connectivity index (χ2n) is 5.64. The molecule has 3 rings (SSSR count). The molecule has 0 amide bonds. The normalized spacial score (nSPS) is 10.3. The summed E-state index contributed by atoms with van der Waals surface area (Å²) in [4.78, 5) is 12.1. The van der Waals surface area contributed by atoms with E-state index < -0.39 is 0 Å². The van der Waals surface area contributed by atoms with E-state index in [9.17, 15) is 9.18 Å². The number of carbonyl (C=O) groups excluding carboxylic acids is 1. The lowest BCUT2D eigenvalue weighted by atomic mass is 10.1. The zero-order valence-corrected chi connectivity index (χ0v) is 13.6. The predicted octanol–water partition coefficient (Wildman–Crippen LogP) is 4.84. The van der Waals surface area contributed by atoms with E-state index in [1.807, 2.05) is 54.6 Å². The number of hydrogen-bond donors (Lipinski definition) is 1. The molecule has 0 atom stereocenters. The molecule has 126 valence electrons. The molecule has 3 aromatic rings. The van der Waals surface area contributed by atoms with Crippen molar-refractivity contribution in [2.24, 2.45) is 0 Å². The number of carbonyl (C=O) groups is 1. The minimum absolute atomic E-state index is 0.0149. The molecule has 0 heterocycles. The first kappa shape index (κ1) is 16.7. The monoisotopic (exact) mass is 335 g/mol. The van der Waals surface area contributed by atoms with Gasteiger partial charge in [0.2, 0.25) is 0 Å². The van der Waals surface area contributed by atoms with Crippen LogP contribution in [0.4, 0.5) is 10.1 Å². The Balaban J connectivity index is 1.57. The number of hydrogen-bond acceptors (Lipinski definition) is 3. The fourth-order valence-corrected chi connectivity index (χ4v) is 2.43. The summed E-state index contributed by atoms with van der Waals surface area (Å²) in [7, 11) is 0. The van der Waals surface area contributed by atoms with Crippen LogP contribution in [0.5, 0.6) is 11.5 Å². The largest absolute Gasteiger partial charge is 0.457 e. The highest BCUT2D eigenvalue weighted by Gasteiger charge is 2.06. The Hall–Kier alpha value is -3.14. The van der Waals surface area contributed by atoms with E-state index in [0.29, 0.717) is 11.4 Å². The molecule has 0 spiro atoms. The number of rotatable bonds is 7. The summed E-state index contributed by atoms with van der Waals surface area (Å²) >= 11 is 0. The molecule has 0 bridgehead atoms. The highest BCUT2D eigenvalue weighted by Crippen LogP contribution is 2.22. The predicted molar refractivity (Wildman–Crippen MR) is 96.6 cm³/mol. The van der Waals surface area contributed by atoms with Crippen molar-refractivity contribution in [3.63, 3.8) is 0 Å². The van der Waals surface area contributed by atoms with Crippen molar-refractivity contribution in [2.45, 2.75) is 6.42 Å². The van der Waals surface area contributed by atoms with Crippen LogP contribution in [0.15, 0.2) is 78.9 Å². The summed E-state index contributed by atoms with van der Waals surface area (Å²) in [6, 6.07) is 23.0. The Labute approximate surface area is 146 Å². The van der Waals surface area contributed by atoms with Gasteiger partial charge in [0, 0.05) is 12.1 Å². The van der Waals surface area contributed by atoms with Crippen LogP contribution in [0.1, 0.15) is 5.56 Å². The summed E-state index contributed by atoms with van der Waals surface area (Å²) in [5, 5.41) is 2.94. The van der Waals surface area contributed by atoms with Gasteiger partial charge in [-0.3, -0.25) is 4.79 Å². The lowest BCUT2D eigenvalue weighted by Gasteiger charge is -2.08. The molecule has 0 aromatic heterocycles. The van der Waals surface area contributed by atoms with Crippen molar-refractivity contribution >= 4 is 11.5 Å². The van der Waals surface area contributed by atoms with Crippen LogP contribution < -0.4 is 10.1 Å². The second kappa shape index (κ2) is 8.11. The molecule has 0 unspecified atom stereocenters. The standard InChI is InChI=1S/C21H18FNO2/c22-17-7-5-8-18(14-17)23-15-19(24)12-16-6-4-11-21(13-16)25-20-9-2-1-3-10-20/h1-11,13-14,23H,12,15H2. The van der Waals surface area contributed by atoms with Crippen molar-refractivity contribution in [1.29, 1.82) is 0 Å². The maximum Gasteiger partial charge on any atom is 0.156 e. The molecule has 25 heavy (non-hydrogen) atoms. The first-order valence-electron chi connectivity index (χ1n) is 8.02. The van der Waals surface area contributed by atoms with E-state index in [1.54, 1.807) is 12.1 Å². The summed E-state index contributed by atoms with van der Waals surface area (Å²) in [5.74, 6) is 1.12. The van der Waals surface area contributed by atoms with Crippen molar-refractivity contribution < 1.29 is 13.9 Å². The summed E-state index contributed by atoms with van der Waals surface area (Å²) in [5.41, 5.74) is 1.47. The van der Waals surface area contributed by atoms with Crippen molar-refractivity contribution in [1.82, 2.24) is 0 Å². The molecule has 3 nitrogen and oxygen atoms in total. The summed E-state index contributed by atoms with van der Waals surface area (Å²) in [6.07, 6.45) is 0.286. The van der Waals surface area contributed by atoms with Gasteiger partial charge in [-0.15, -0.1) is 0 Å². The molecule has 3 aromatic carbocycles. The van der Waals surface area contributed by atoms with E-state index in [4.69, 9.17) is 4.74 Å². The number of ketones is 1. The average Bonchev–Trinajstić information content (AvgIpc) is 2.61. The van der Waals surface area contributed by atoms with Crippen LogP contribution in [0, 0.1) is 5.82 Å². The maximum atomic E-state index is 13.1. The molecule has 0 fully saturated rings. The van der Waals surface area contributed by atoms with E-state index in [-0.39, 0.29) is 24.6 Å². The molecule has 0 aliphatic carbocycles. The smallest absolute Gasteiger partial charge is 0.156 e. The number of halogens is 1. The average molecular weight is 335 g/mol. The first-order valence-corrected chi connectivity index (χ1v) is 8.02. The van der Waals surface area contributed by atoms with Gasteiger partial charge in [-0.1, -0.05) is 36.4 Å². The Morgan fingerprint density at radius 1 is 0.880 bits per heavy atom. The van der Waals surface area contributed by atoms with Crippen LogP contribution in [-0.4, -0.2) is 12.3 Å². The Kier molecular flexibility index (Phi) is 5.42. The summed E-state index contributed by atoms with van der Waals surface area (Å²) < 4.78 is 18.9. The van der Waals surface area contributed by atoms with Crippen LogP contribution in [0.25, 0.3) is 0 Å². The summed E-state index contributed by atoms with van der Waals surface area (Å²) in [6.45, 7) is 0.146.